The van der Waals surface area contributed by atoms with E-state index >= 15 is 0 Å². The molecule has 0 radical (unpaired) electrons. The molecular formula is C16H25NO. The summed E-state index contributed by atoms with van der Waals surface area (Å²) >= 11 is 0. The molecule has 1 aromatic rings. The minimum absolute atomic E-state index is 0.219. The Balaban J connectivity index is 1.93. The van der Waals surface area contributed by atoms with Crippen molar-refractivity contribution in [1.82, 2.24) is 5.32 Å². The van der Waals surface area contributed by atoms with Gasteiger partial charge in [-0.15, -0.1) is 0 Å². The smallest absolute Gasteiger partial charge is 0.0582 e. The summed E-state index contributed by atoms with van der Waals surface area (Å²) in [5.74, 6) is 0. The van der Waals surface area contributed by atoms with E-state index < -0.39 is 0 Å². The van der Waals surface area contributed by atoms with Crippen molar-refractivity contribution in [2.75, 3.05) is 6.61 Å². The maximum atomic E-state index is 9.08. The third kappa shape index (κ3) is 3.12. The van der Waals surface area contributed by atoms with Crippen LogP contribution in [0.5, 0.6) is 0 Å². The molecule has 0 aliphatic heterocycles. The van der Waals surface area contributed by atoms with Crippen LogP contribution in [0.2, 0.25) is 0 Å². The summed E-state index contributed by atoms with van der Waals surface area (Å²) in [6, 6.07) is 11.7. The van der Waals surface area contributed by atoms with Crippen LogP contribution in [0.25, 0.3) is 0 Å². The first-order valence-electron chi connectivity index (χ1n) is 7.06. The molecule has 0 spiro atoms. The van der Waals surface area contributed by atoms with Crippen molar-refractivity contribution in [1.29, 1.82) is 0 Å². The summed E-state index contributed by atoms with van der Waals surface area (Å²) in [4.78, 5) is 0. The van der Waals surface area contributed by atoms with Gasteiger partial charge in [0.25, 0.3) is 0 Å². The molecule has 0 bridgehead atoms. The van der Waals surface area contributed by atoms with E-state index in [0.29, 0.717) is 11.5 Å². The van der Waals surface area contributed by atoms with Gasteiger partial charge in [0, 0.05) is 12.1 Å². The van der Waals surface area contributed by atoms with E-state index in [9.17, 15) is 0 Å². The Bertz CT molecular complexity index is 355. The SMILES string of the molecule is CC(CO)NC1CCC(C)(c2ccccc2)CC1. The van der Waals surface area contributed by atoms with Crippen LogP contribution in [0.4, 0.5) is 0 Å². The van der Waals surface area contributed by atoms with Gasteiger partial charge in [-0.2, -0.15) is 0 Å². The Morgan fingerprint density at radius 3 is 2.44 bits per heavy atom. The lowest BCUT2D eigenvalue weighted by atomic mass is 9.69. The van der Waals surface area contributed by atoms with Crippen LogP contribution in [0, 0.1) is 0 Å². The molecular weight excluding hydrogens is 222 g/mol. The largest absolute Gasteiger partial charge is 0.395 e. The normalized spacial score (nSPS) is 30.1. The Morgan fingerprint density at radius 2 is 1.89 bits per heavy atom. The minimum Gasteiger partial charge on any atom is -0.395 e. The first-order valence-corrected chi connectivity index (χ1v) is 7.06. The molecule has 1 aromatic carbocycles. The Morgan fingerprint density at radius 1 is 1.28 bits per heavy atom. The third-order valence-corrected chi connectivity index (χ3v) is 4.35. The number of hydrogen-bond donors (Lipinski definition) is 2. The lowest BCUT2D eigenvalue weighted by Crippen LogP contribution is -2.43. The second-order valence-corrected chi connectivity index (χ2v) is 5.95. The standard InChI is InChI=1S/C16H25NO/c1-13(12-18)17-15-8-10-16(2,11-9-15)14-6-4-3-5-7-14/h3-7,13,15,17-18H,8-12H2,1-2H3. The van der Waals surface area contributed by atoms with E-state index in [1.165, 1.54) is 31.2 Å². The topological polar surface area (TPSA) is 32.3 Å². The molecule has 2 nitrogen and oxygen atoms in total. The summed E-state index contributed by atoms with van der Waals surface area (Å²) in [5.41, 5.74) is 1.81. The van der Waals surface area contributed by atoms with E-state index in [1.54, 1.807) is 0 Å². The van der Waals surface area contributed by atoms with Gasteiger partial charge >= 0.3 is 0 Å². The van der Waals surface area contributed by atoms with Crippen molar-refractivity contribution in [2.45, 2.75) is 57.0 Å². The lowest BCUT2D eigenvalue weighted by Gasteiger charge is -2.39. The van der Waals surface area contributed by atoms with Gasteiger partial charge in [-0.3, -0.25) is 0 Å². The van der Waals surface area contributed by atoms with Crippen LogP contribution >= 0.6 is 0 Å². The maximum Gasteiger partial charge on any atom is 0.0582 e. The van der Waals surface area contributed by atoms with Crippen LogP contribution in [-0.2, 0) is 5.41 Å². The highest BCUT2D eigenvalue weighted by Crippen LogP contribution is 2.38. The molecule has 1 saturated carbocycles. The van der Waals surface area contributed by atoms with Gasteiger partial charge in [0.15, 0.2) is 0 Å². The van der Waals surface area contributed by atoms with E-state index in [-0.39, 0.29) is 12.6 Å². The number of aliphatic hydroxyl groups is 1. The van der Waals surface area contributed by atoms with Crippen LogP contribution in [0.3, 0.4) is 0 Å². The monoisotopic (exact) mass is 247 g/mol. The molecule has 1 atom stereocenters. The van der Waals surface area contributed by atoms with Gasteiger partial charge in [-0.05, 0) is 43.6 Å². The van der Waals surface area contributed by atoms with Gasteiger partial charge in [0.1, 0.15) is 0 Å². The highest BCUT2D eigenvalue weighted by Gasteiger charge is 2.32. The predicted molar refractivity (Wildman–Crippen MR) is 75.7 cm³/mol. The molecule has 0 heterocycles. The zero-order valence-corrected chi connectivity index (χ0v) is 11.5. The fourth-order valence-corrected chi connectivity index (χ4v) is 3.01. The van der Waals surface area contributed by atoms with E-state index in [4.69, 9.17) is 5.11 Å². The molecule has 0 aromatic heterocycles. The molecule has 1 fully saturated rings. The Kier molecular flexibility index (Phi) is 4.41. The van der Waals surface area contributed by atoms with Crippen molar-refractivity contribution < 1.29 is 5.11 Å². The van der Waals surface area contributed by atoms with Gasteiger partial charge in [-0.1, -0.05) is 37.3 Å². The first-order chi connectivity index (χ1) is 8.64. The van der Waals surface area contributed by atoms with Gasteiger partial charge in [-0.25, -0.2) is 0 Å². The number of nitrogens with one attached hydrogen (secondary N) is 1. The van der Waals surface area contributed by atoms with Crippen LogP contribution in [0.15, 0.2) is 30.3 Å². The number of rotatable bonds is 4. The molecule has 2 rings (SSSR count). The van der Waals surface area contributed by atoms with Gasteiger partial charge in [0.05, 0.1) is 6.61 Å². The average molecular weight is 247 g/mol. The molecule has 0 amide bonds. The summed E-state index contributed by atoms with van der Waals surface area (Å²) in [7, 11) is 0. The molecule has 1 aliphatic carbocycles. The predicted octanol–water partition coefficient (Wildman–Crippen LogP) is 2.86. The number of hydrogen-bond acceptors (Lipinski definition) is 2. The Labute approximate surface area is 110 Å². The number of benzene rings is 1. The second kappa shape index (κ2) is 5.85. The highest BCUT2D eigenvalue weighted by molar-refractivity contribution is 5.25. The molecule has 2 N–H and O–H groups in total. The molecule has 1 aliphatic rings. The minimum atomic E-state index is 0.219. The van der Waals surface area contributed by atoms with Crippen molar-refractivity contribution >= 4 is 0 Å². The quantitative estimate of drug-likeness (QED) is 0.857. The second-order valence-electron chi connectivity index (χ2n) is 5.95. The summed E-state index contributed by atoms with van der Waals surface area (Å²) < 4.78 is 0. The van der Waals surface area contributed by atoms with Gasteiger partial charge in [0.2, 0.25) is 0 Å². The lowest BCUT2D eigenvalue weighted by molar-refractivity contribution is 0.207. The molecule has 100 valence electrons. The van der Waals surface area contributed by atoms with Crippen LogP contribution in [-0.4, -0.2) is 23.8 Å². The van der Waals surface area contributed by atoms with E-state index in [2.05, 4.69) is 42.6 Å². The number of aliphatic hydroxyl groups excluding tert-OH is 1. The first kappa shape index (κ1) is 13.6. The molecule has 2 heteroatoms. The van der Waals surface area contributed by atoms with E-state index in [1.807, 2.05) is 6.92 Å². The van der Waals surface area contributed by atoms with Crippen molar-refractivity contribution in [3.63, 3.8) is 0 Å². The summed E-state index contributed by atoms with van der Waals surface area (Å²) in [6.07, 6.45) is 4.87. The van der Waals surface area contributed by atoms with Crippen LogP contribution < -0.4 is 5.32 Å². The van der Waals surface area contributed by atoms with Crippen molar-refractivity contribution in [3.05, 3.63) is 35.9 Å². The Hall–Kier alpha value is -0.860. The maximum absolute atomic E-state index is 9.08. The average Bonchev–Trinajstić information content (AvgIpc) is 2.42. The fraction of sp³-hybridized carbons (Fsp3) is 0.625. The highest BCUT2D eigenvalue weighted by atomic mass is 16.3. The van der Waals surface area contributed by atoms with Crippen molar-refractivity contribution in [2.24, 2.45) is 0 Å². The van der Waals surface area contributed by atoms with Crippen LogP contribution in [0.1, 0.15) is 45.1 Å². The zero-order chi connectivity index (χ0) is 13.0. The zero-order valence-electron chi connectivity index (χ0n) is 11.5. The molecule has 1 unspecified atom stereocenters. The summed E-state index contributed by atoms with van der Waals surface area (Å²) in [6.45, 7) is 4.66. The van der Waals surface area contributed by atoms with Gasteiger partial charge < -0.3 is 10.4 Å². The summed E-state index contributed by atoms with van der Waals surface area (Å²) in [5, 5.41) is 12.6. The van der Waals surface area contributed by atoms with Crippen molar-refractivity contribution in [3.8, 4) is 0 Å². The molecule has 18 heavy (non-hydrogen) atoms. The molecule has 0 saturated heterocycles. The fourth-order valence-electron chi connectivity index (χ4n) is 3.01. The third-order valence-electron chi connectivity index (χ3n) is 4.35. The van der Waals surface area contributed by atoms with E-state index in [0.717, 1.165) is 0 Å².